The van der Waals surface area contributed by atoms with Crippen molar-refractivity contribution in [3.8, 4) is 0 Å². The van der Waals surface area contributed by atoms with Gasteiger partial charge in [0.05, 0.1) is 21.7 Å². The molecule has 0 radical (unpaired) electrons. The largest absolute Gasteiger partial charge is 0.333 e. The maximum atomic E-state index is 12.1. The van der Waals surface area contributed by atoms with E-state index in [0.29, 0.717) is 16.2 Å². The van der Waals surface area contributed by atoms with Crippen molar-refractivity contribution in [1.29, 1.82) is 0 Å². The molecule has 0 bridgehead atoms. The zero-order chi connectivity index (χ0) is 18.0. The van der Waals surface area contributed by atoms with E-state index >= 15 is 0 Å². The molecule has 0 spiro atoms. The van der Waals surface area contributed by atoms with Gasteiger partial charge in [-0.2, -0.15) is 0 Å². The zero-order valence-corrected chi connectivity index (χ0v) is 15.7. The normalized spacial score (nSPS) is 10.4. The highest BCUT2D eigenvalue weighted by atomic mass is 35.5. The van der Waals surface area contributed by atoms with E-state index in [4.69, 9.17) is 0 Å². The molecule has 3 rings (SSSR count). The van der Waals surface area contributed by atoms with Crippen LogP contribution in [-0.4, -0.2) is 26.6 Å². The minimum absolute atomic E-state index is 0. The number of benzene rings is 2. The number of aryl methyl sites for hydroxylation is 2. The molecule has 0 aliphatic rings. The summed E-state index contributed by atoms with van der Waals surface area (Å²) < 4.78 is 0. The number of halogens is 1. The molecule has 1 heterocycles. The lowest BCUT2D eigenvalue weighted by molar-refractivity contribution is -0.384. The van der Waals surface area contributed by atoms with E-state index in [1.165, 1.54) is 23.9 Å². The highest BCUT2D eigenvalue weighted by Gasteiger charge is 2.11. The minimum atomic E-state index is -0.454. The van der Waals surface area contributed by atoms with Crippen LogP contribution in [0, 0.1) is 24.0 Å². The maximum Gasteiger partial charge on any atom is 0.271 e. The lowest BCUT2D eigenvalue weighted by Gasteiger charge is -2.08. The average molecular weight is 393 g/mol. The fourth-order valence-corrected chi connectivity index (χ4v) is 3.12. The lowest BCUT2D eigenvalue weighted by Crippen LogP contribution is -2.14. The Bertz CT molecular complexity index is 974. The number of nitro groups is 1. The van der Waals surface area contributed by atoms with Gasteiger partial charge in [0, 0.05) is 17.8 Å². The molecule has 0 atom stereocenters. The number of imidazole rings is 1. The van der Waals surface area contributed by atoms with E-state index < -0.39 is 4.92 Å². The molecule has 2 N–H and O–H groups in total. The van der Waals surface area contributed by atoms with Crippen molar-refractivity contribution < 1.29 is 9.72 Å². The molecule has 1 amide bonds. The highest BCUT2D eigenvalue weighted by Crippen LogP contribution is 2.23. The summed E-state index contributed by atoms with van der Waals surface area (Å²) >= 11 is 1.25. The summed E-state index contributed by atoms with van der Waals surface area (Å²) in [7, 11) is 0. The van der Waals surface area contributed by atoms with E-state index in [2.05, 4.69) is 15.3 Å². The second kappa shape index (κ2) is 8.20. The van der Waals surface area contributed by atoms with Gasteiger partial charge in [0.15, 0.2) is 5.16 Å². The van der Waals surface area contributed by atoms with Gasteiger partial charge in [-0.3, -0.25) is 14.9 Å². The van der Waals surface area contributed by atoms with Gasteiger partial charge in [0.25, 0.3) is 5.69 Å². The molecular weight excluding hydrogens is 376 g/mol. The number of hydrogen-bond donors (Lipinski definition) is 2. The van der Waals surface area contributed by atoms with Crippen LogP contribution >= 0.6 is 24.2 Å². The Hall–Kier alpha value is -2.58. The van der Waals surface area contributed by atoms with E-state index in [-0.39, 0.29) is 29.8 Å². The molecule has 7 nitrogen and oxygen atoms in total. The Morgan fingerprint density at radius 2 is 2.04 bits per heavy atom. The maximum absolute atomic E-state index is 12.1. The lowest BCUT2D eigenvalue weighted by atomic mass is 10.1. The highest BCUT2D eigenvalue weighted by molar-refractivity contribution is 7.99. The third-order valence-corrected chi connectivity index (χ3v) is 4.52. The van der Waals surface area contributed by atoms with Crippen LogP contribution in [0.15, 0.2) is 41.6 Å². The molecule has 3 aromatic rings. The van der Waals surface area contributed by atoms with Crippen LogP contribution in [-0.2, 0) is 4.79 Å². The Morgan fingerprint density at radius 3 is 2.73 bits per heavy atom. The second-order valence-electron chi connectivity index (χ2n) is 5.66. The molecule has 0 aliphatic carbocycles. The Kier molecular flexibility index (Phi) is 6.23. The topological polar surface area (TPSA) is 101 Å². The van der Waals surface area contributed by atoms with Gasteiger partial charge in [-0.05, 0) is 31.5 Å². The van der Waals surface area contributed by atoms with Crippen LogP contribution in [0.4, 0.5) is 11.4 Å². The molecule has 0 fully saturated rings. The fraction of sp³-hybridized carbons (Fsp3) is 0.176. The first kappa shape index (κ1) is 19.7. The number of non-ortho nitro benzene ring substituents is 1. The summed E-state index contributed by atoms with van der Waals surface area (Å²) in [5.74, 6) is 0.0540. The molecule has 1 aromatic heterocycles. The van der Waals surface area contributed by atoms with Crippen molar-refractivity contribution in [2.24, 2.45) is 0 Å². The van der Waals surface area contributed by atoms with Gasteiger partial charge >= 0.3 is 0 Å². The van der Waals surface area contributed by atoms with Crippen LogP contribution in [0.25, 0.3) is 11.0 Å². The van der Waals surface area contributed by atoms with E-state index in [0.717, 1.165) is 16.8 Å². The number of aromatic nitrogens is 2. The number of H-pyrrole nitrogens is 1. The first-order chi connectivity index (χ1) is 11.9. The summed E-state index contributed by atoms with van der Waals surface area (Å²) in [5.41, 5.74) is 4.14. The quantitative estimate of drug-likeness (QED) is 0.384. The van der Waals surface area contributed by atoms with Crippen LogP contribution in [0.5, 0.6) is 0 Å². The summed E-state index contributed by atoms with van der Waals surface area (Å²) in [5, 5.41) is 14.2. The van der Waals surface area contributed by atoms with Crippen LogP contribution < -0.4 is 5.32 Å². The zero-order valence-electron chi connectivity index (χ0n) is 14.1. The van der Waals surface area contributed by atoms with Crippen LogP contribution in [0.3, 0.4) is 0 Å². The molecule has 0 aliphatic heterocycles. The second-order valence-corrected chi connectivity index (χ2v) is 6.62. The van der Waals surface area contributed by atoms with Crippen molar-refractivity contribution in [2.45, 2.75) is 19.0 Å². The van der Waals surface area contributed by atoms with Gasteiger partial charge in [0.1, 0.15) is 0 Å². The predicted octanol–water partition coefficient (Wildman–Crippen LogP) is 4.24. The van der Waals surface area contributed by atoms with Gasteiger partial charge in [-0.1, -0.05) is 29.5 Å². The third-order valence-electron chi connectivity index (χ3n) is 3.65. The average Bonchev–Trinajstić information content (AvgIpc) is 2.97. The Labute approximate surface area is 160 Å². The van der Waals surface area contributed by atoms with Crippen molar-refractivity contribution >= 4 is 52.5 Å². The van der Waals surface area contributed by atoms with Crippen molar-refractivity contribution in [1.82, 2.24) is 9.97 Å². The Morgan fingerprint density at radius 1 is 1.27 bits per heavy atom. The number of fused-ring (bicyclic) bond motifs is 1. The van der Waals surface area contributed by atoms with Crippen LogP contribution in [0.2, 0.25) is 0 Å². The van der Waals surface area contributed by atoms with Crippen LogP contribution in [0.1, 0.15) is 11.1 Å². The molecule has 2 aromatic carbocycles. The van der Waals surface area contributed by atoms with E-state index in [9.17, 15) is 14.9 Å². The van der Waals surface area contributed by atoms with Crippen molar-refractivity contribution in [2.75, 3.05) is 11.1 Å². The summed E-state index contributed by atoms with van der Waals surface area (Å²) in [6.45, 7) is 3.95. The molecule has 9 heteroatoms. The number of rotatable bonds is 5. The monoisotopic (exact) mass is 392 g/mol. The van der Waals surface area contributed by atoms with Crippen molar-refractivity contribution in [3.05, 3.63) is 57.6 Å². The first-order valence-electron chi connectivity index (χ1n) is 7.56. The number of carbonyl (C=O) groups excluding carboxylic acids is 1. The number of amides is 1. The molecular formula is C17H17ClN4O3S. The SMILES string of the molecule is Cc1ccc(NC(=O)CSc2nc3ccc([N+](=O)[O-])cc3[nH]2)c(C)c1.Cl. The smallest absolute Gasteiger partial charge is 0.271 e. The number of carbonyl (C=O) groups is 1. The van der Waals surface area contributed by atoms with Crippen molar-refractivity contribution in [3.63, 3.8) is 0 Å². The number of nitrogens with one attached hydrogen (secondary N) is 2. The number of aromatic amines is 1. The summed E-state index contributed by atoms with van der Waals surface area (Å²) in [4.78, 5) is 29.8. The summed E-state index contributed by atoms with van der Waals surface area (Å²) in [6.07, 6.45) is 0. The first-order valence-corrected chi connectivity index (χ1v) is 8.55. The molecule has 0 unspecified atom stereocenters. The number of nitro benzene ring substituents is 1. The van der Waals surface area contributed by atoms with Gasteiger partial charge < -0.3 is 10.3 Å². The molecule has 136 valence electrons. The number of anilines is 1. The van der Waals surface area contributed by atoms with Gasteiger partial charge in [0.2, 0.25) is 5.91 Å². The number of nitrogens with zero attached hydrogens (tertiary/aromatic N) is 2. The Balaban J connectivity index is 0.00000243. The van der Waals surface area contributed by atoms with Gasteiger partial charge in [-0.15, -0.1) is 12.4 Å². The predicted molar refractivity (Wildman–Crippen MR) is 105 cm³/mol. The fourth-order valence-electron chi connectivity index (χ4n) is 2.43. The summed E-state index contributed by atoms with van der Waals surface area (Å²) in [6, 6.07) is 10.3. The third kappa shape index (κ3) is 4.53. The molecule has 0 saturated carbocycles. The minimum Gasteiger partial charge on any atom is -0.333 e. The number of hydrogen-bond acceptors (Lipinski definition) is 5. The molecule has 26 heavy (non-hydrogen) atoms. The number of thioether (sulfide) groups is 1. The standard InChI is InChI=1S/C17H16N4O3S.ClH/c1-10-3-5-13(11(2)7-10)18-16(22)9-25-17-19-14-6-4-12(21(23)24)8-15(14)20-17;/h3-8H,9H2,1-2H3,(H,18,22)(H,19,20);1H. The molecule has 0 saturated heterocycles. The van der Waals surface area contributed by atoms with E-state index in [1.54, 1.807) is 6.07 Å². The van der Waals surface area contributed by atoms with E-state index in [1.807, 2.05) is 32.0 Å². The van der Waals surface area contributed by atoms with Gasteiger partial charge in [-0.25, -0.2) is 4.98 Å².